The Bertz CT molecular complexity index is 302. The van der Waals surface area contributed by atoms with Crippen LogP contribution >= 0.6 is 11.6 Å². The molecule has 0 aliphatic rings. The van der Waals surface area contributed by atoms with Crippen molar-refractivity contribution in [3.8, 4) is 0 Å². The van der Waals surface area contributed by atoms with E-state index in [9.17, 15) is 8.78 Å². The Balaban J connectivity index is 3.33. The molecule has 0 fully saturated rings. The van der Waals surface area contributed by atoms with Gasteiger partial charge in [0.15, 0.2) is 0 Å². The summed E-state index contributed by atoms with van der Waals surface area (Å²) in [6, 6.07) is 0. The van der Waals surface area contributed by atoms with Crippen LogP contribution in [0.5, 0.6) is 0 Å². The van der Waals surface area contributed by atoms with Crippen LogP contribution in [0.1, 0.15) is 17.7 Å². The zero-order chi connectivity index (χ0) is 9.30. The molecule has 12 heavy (non-hydrogen) atoms. The minimum absolute atomic E-state index is 0.0301. The average molecular weight is 193 g/mol. The second-order valence-corrected chi connectivity index (χ2v) is 2.73. The van der Waals surface area contributed by atoms with Crippen molar-refractivity contribution < 1.29 is 8.78 Å². The number of hydrogen-bond acceptors (Lipinski definition) is 2. The van der Waals surface area contributed by atoms with Gasteiger partial charge in [-0.15, -0.1) is 0 Å². The lowest BCUT2D eigenvalue weighted by molar-refractivity contribution is 0.152. The highest BCUT2D eigenvalue weighted by atomic mass is 35.5. The molecule has 0 radical (unpaired) electrons. The Morgan fingerprint density at radius 2 is 2.17 bits per heavy atom. The molecule has 0 unspecified atom stereocenters. The molecule has 0 bridgehead atoms. The highest BCUT2D eigenvalue weighted by Gasteiger charge is 2.17. The first kappa shape index (κ1) is 9.19. The van der Waals surface area contributed by atoms with E-state index in [1.807, 2.05) is 0 Å². The molecule has 1 aromatic heterocycles. The molecule has 0 aromatic carbocycles. The molecule has 0 spiro atoms. The quantitative estimate of drug-likeness (QED) is 0.743. The maximum absolute atomic E-state index is 12.3. The van der Waals surface area contributed by atoms with E-state index in [0.717, 1.165) is 0 Å². The first-order valence-corrected chi connectivity index (χ1v) is 3.60. The Morgan fingerprint density at radius 3 is 2.58 bits per heavy atom. The Morgan fingerprint density at radius 1 is 1.58 bits per heavy atom. The summed E-state index contributed by atoms with van der Waals surface area (Å²) in [5.74, 6) is 0. The lowest BCUT2D eigenvalue weighted by atomic mass is 10.2. The lowest BCUT2D eigenvalue weighted by Crippen LogP contribution is -2.00. The second kappa shape index (κ2) is 3.23. The van der Waals surface area contributed by atoms with Crippen LogP contribution in [0.3, 0.4) is 0 Å². The Hall–Kier alpha value is -0.900. The van der Waals surface area contributed by atoms with Gasteiger partial charge in [-0.05, 0) is 6.92 Å². The first-order valence-electron chi connectivity index (χ1n) is 3.22. The number of pyridine rings is 1. The maximum atomic E-state index is 12.3. The van der Waals surface area contributed by atoms with Crippen LogP contribution in [0.25, 0.3) is 0 Å². The summed E-state index contributed by atoms with van der Waals surface area (Å²) in [4.78, 5) is 3.73. The van der Waals surface area contributed by atoms with Crippen molar-refractivity contribution in [2.45, 2.75) is 13.3 Å². The van der Waals surface area contributed by atoms with Crippen molar-refractivity contribution >= 4 is 17.3 Å². The molecule has 0 amide bonds. The van der Waals surface area contributed by atoms with E-state index < -0.39 is 6.43 Å². The average Bonchev–Trinajstić information content (AvgIpc) is 1.97. The minimum Gasteiger partial charge on any atom is -0.397 e. The number of nitrogen functional groups attached to an aromatic ring is 1. The summed E-state index contributed by atoms with van der Waals surface area (Å²) in [7, 11) is 0. The highest BCUT2D eigenvalue weighted by molar-refractivity contribution is 6.31. The van der Waals surface area contributed by atoms with Gasteiger partial charge in [0.2, 0.25) is 0 Å². The van der Waals surface area contributed by atoms with Crippen LogP contribution in [0.4, 0.5) is 14.5 Å². The van der Waals surface area contributed by atoms with Gasteiger partial charge in [0.1, 0.15) is 0 Å². The number of alkyl halides is 2. The third-order valence-electron chi connectivity index (χ3n) is 1.53. The molecule has 0 saturated heterocycles. The molecule has 1 aromatic rings. The molecule has 1 heterocycles. The van der Waals surface area contributed by atoms with Crippen LogP contribution < -0.4 is 5.73 Å². The van der Waals surface area contributed by atoms with Crippen molar-refractivity contribution in [3.05, 3.63) is 22.5 Å². The van der Waals surface area contributed by atoms with E-state index in [1.165, 1.54) is 6.20 Å². The topological polar surface area (TPSA) is 38.9 Å². The van der Waals surface area contributed by atoms with Gasteiger partial charge in [-0.1, -0.05) is 11.6 Å². The zero-order valence-corrected chi connectivity index (χ0v) is 7.07. The largest absolute Gasteiger partial charge is 0.397 e. The summed E-state index contributed by atoms with van der Waals surface area (Å²) in [6.07, 6.45) is -1.48. The fraction of sp³-hybridized carbons (Fsp3) is 0.286. The standard InChI is InChI=1S/C7H7ClF2N2/c1-3-6(11)5(7(9)10)4(8)2-12-3/h2,7H,11H2,1H3. The molecule has 2 N–H and O–H groups in total. The number of halogens is 3. The second-order valence-electron chi connectivity index (χ2n) is 2.32. The summed E-state index contributed by atoms with van der Waals surface area (Å²) in [5, 5.41) is -0.0897. The zero-order valence-electron chi connectivity index (χ0n) is 6.31. The SMILES string of the molecule is Cc1ncc(Cl)c(C(F)F)c1N. The van der Waals surface area contributed by atoms with Gasteiger partial charge in [-0.25, -0.2) is 8.78 Å². The van der Waals surface area contributed by atoms with Crippen LogP contribution in [0, 0.1) is 6.92 Å². The van der Waals surface area contributed by atoms with Crippen molar-refractivity contribution in [1.82, 2.24) is 4.98 Å². The van der Waals surface area contributed by atoms with E-state index >= 15 is 0 Å². The first-order chi connectivity index (χ1) is 5.54. The highest BCUT2D eigenvalue weighted by Crippen LogP contribution is 2.32. The van der Waals surface area contributed by atoms with Gasteiger partial charge in [-0.3, -0.25) is 4.98 Å². The smallest absolute Gasteiger partial charge is 0.267 e. The number of aryl methyl sites for hydroxylation is 1. The van der Waals surface area contributed by atoms with E-state index in [4.69, 9.17) is 17.3 Å². The number of hydrogen-bond donors (Lipinski definition) is 1. The lowest BCUT2D eigenvalue weighted by Gasteiger charge is -2.07. The van der Waals surface area contributed by atoms with E-state index in [2.05, 4.69) is 4.98 Å². The summed E-state index contributed by atoms with van der Waals surface area (Å²) in [5.41, 5.74) is 5.37. The monoisotopic (exact) mass is 192 g/mol. The summed E-state index contributed by atoms with van der Waals surface area (Å²) < 4.78 is 24.6. The van der Waals surface area contributed by atoms with Gasteiger partial charge in [0.25, 0.3) is 6.43 Å². The molecule has 5 heteroatoms. The van der Waals surface area contributed by atoms with Gasteiger partial charge in [-0.2, -0.15) is 0 Å². The molecule has 0 atom stereocenters. The normalized spacial score (nSPS) is 10.8. The fourth-order valence-corrected chi connectivity index (χ4v) is 1.07. The number of nitrogens with zero attached hydrogens (tertiary/aromatic N) is 1. The van der Waals surface area contributed by atoms with E-state index in [0.29, 0.717) is 5.69 Å². The number of anilines is 1. The molecule has 1 rings (SSSR count). The molecular weight excluding hydrogens is 186 g/mol. The van der Waals surface area contributed by atoms with Crippen LogP contribution in [0.2, 0.25) is 5.02 Å². The number of rotatable bonds is 1. The third kappa shape index (κ3) is 1.48. The Labute approximate surface area is 73.4 Å². The van der Waals surface area contributed by atoms with Gasteiger partial charge in [0.05, 0.1) is 22.0 Å². The van der Waals surface area contributed by atoms with Crippen molar-refractivity contribution in [3.63, 3.8) is 0 Å². The third-order valence-corrected chi connectivity index (χ3v) is 1.83. The fourth-order valence-electron chi connectivity index (χ4n) is 0.838. The van der Waals surface area contributed by atoms with Crippen LogP contribution in [-0.4, -0.2) is 4.98 Å². The number of nitrogens with two attached hydrogens (primary N) is 1. The molecule has 0 aliphatic heterocycles. The van der Waals surface area contributed by atoms with Gasteiger partial charge < -0.3 is 5.73 Å². The van der Waals surface area contributed by atoms with Crippen molar-refractivity contribution in [1.29, 1.82) is 0 Å². The number of aromatic nitrogens is 1. The van der Waals surface area contributed by atoms with Crippen LogP contribution in [-0.2, 0) is 0 Å². The van der Waals surface area contributed by atoms with E-state index in [-0.39, 0.29) is 16.3 Å². The molecular formula is C7H7ClF2N2. The molecule has 66 valence electrons. The van der Waals surface area contributed by atoms with E-state index in [1.54, 1.807) is 6.92 Å². The Kier molecular flexibility index (Phi) is 2.47. The molecule has 0 aliphatic carbocycles. The van der Waals surface area contributed by atoms with Gasteiger partial charge in [0, 0.05) is 6.20 Å². The molecule has 0 saturated carbocycles. The van der Waals surface area contributed by atoms with Crippen molar-refractivity contribution in [2.75, 3.05) is 5.73 Å². The summed E-state index contributed by atoms with van der Waals surface area (Å²) >= 11 is 5.47. The summed E-state index contributed by atoms with van der Waals surface area (Å²) in [6.45, 7) is 1.55. The van der Waals surface area contributed by atoms with Gasteiger partial charge >= 0.3 is 0 Å². The molecule has 2 nitrogen and oxygen atoms in total. The predicted octanol–water partition coefficient (Wildman–Crippen LogP) is 2.56. The maximum Gasteiger partial charge on any atom is 0.267 e. The van der Waals surface area contributed by atoms with Crippen LogP contribution in [0.15, 0.2) is 6.20 Å². The minimum atomic E-state index is -2.65. The van der Waals surface area contributed by atoms with Crippen molar-refractivity contribution in [2.24, 2.45) is 0 Å². The predicted molar refractivity (Wildman–Crippen MR) is 43.4 cm³/mol.